The topological polar surface area (TPSA) is 42.1 Å². The zero-order valence-electron chi connectivity index (χ0n) is 20.4. The Morgan fingerprint density at radius 2 is 1.49 bits per heavy atom. The Hall–Kier alpha value is -3.52. The first-order valence-corrected chi connectivity index (χ1v) is 12.2. The van der Waals surface area contributed by atoms with Crippen molar-refractivity contribution >= 4 is 23.6 Å². The van der Waals surface area contributed by atoms with E-state index in [2.05, 4.69) is 57.6 Å². The largest absolute Gasteiger partial charge is 0.374 e. The van der Waals surface area contributed by atoms with E-state index in [0.29, 0.717) is 11.2 Å². The lowest BCUT2D eigenvalue weighted by molar-refractivity contribution is 0.564. The van der Waals surface area contributed by atoms with Crippen LogP contribution in [0.15, 0.2) is 73.1 Å². The van der Waals surface area contributed by atoms with Gasteiger partial charge in [-0.05, 0) is 74.1 Å². The molecule has 0 spiro atoms. The second kappa shape index (κ2) is 11.3. The molecule has 0 atom stereocenters. The van der Waals surface area contributed by atoms with E-state index < -0.39 is 0 Å². The molecule has 0 bridgehead atoms. The maximum atomic E-state index is 13.3. The Kier molecular flexibility index (Phi) is 7.92. The fourth-order valence-corrected chi connectivity index (χ4v) is 4.33. The van der Waals surface area contributed by atoms with Crippen molar-refractivity contribution in [3.05, 3.63) is 95.0 Å². The maximum Gasteiger partial charge on any atom is 0.202 e. The van der Waals surface area contributed by atoms with E-state index in [9.17, 15) is 4.39 Å². The second-order valence-electron chi connectivity index (χ2n) is 8.72. The molecule has 2 heterocycles. The number of halogens is 1. The van der Waals surface area contributed by atoms with Gasteiger partial charge in [-0.1, -0.05) is 17.7 Å². The van der Waals surface area contributed by atoms with Crippen molar-refractivity contribution in [3.63, 3.8) is 0 Å². The zero-order valence-corrected chi connectivity index (χ0v) is 21.2. The van der Waals surface area contributed by atoms with Crippen LogP contribution in [0.1, 0.15) is 17.8 Å². The number of nitrogens with zero attached hydrogens (tertiary/aromatic N) is 6. The molecule has 0 N–H and O–H groups in total. The van der Waals surface area contributed by atoms with Gasteiger partial charge >= 0.3 is 0 Å². The molecule has 2 aromatic carbocycles. The highest BCUT2D eigenvalue weighted by molar-refractivity contribution is 7.71. The van der Waals surface area contributed by atoms with Gasteiger partial charge in [0.05, 0.1) is 0 Å². The average Bonchev–Trinajstić information content (AvgIpc) is 3.19. The SMILES string of the molecule is Cc1ccc(-n2c(CCN(C)c3ccc(F)cc3)nn(CCCN(C)c3ccncc3)c2=S)cc1. The summed E-state index contributed by atoms with van der Waals surface area (Å²) >= 11 is 5.87. The smallest absolute Gasteiger partial charge is 0.202 e. The van der Waals surface area contributed by atoms with E-state index in [4.69, 9.17) is 17.3 Å². The van der Waals surface area contributed by atoms with Gasteiger partial charge in [0.15, 0.2) is 0 Å². The summed E-state index contributed by atoms with van der Waals surface area (Å²) in [6.07, 6.45) is 5.23. The molecule has 0 radical (unpaired) electrons. The number of anilines is 2. The summed E-state index contributed by atoms with van der Waals surface area (Å²) < 4.78 is 18.0. The summed E-state index contributed by atoms with van der Waals surface area (Å²) in [6, 6.07) is 18.9. The van der Waals surface area contributed by atoms with Gasteiger partial charge in [-0.25, -0.2) is 9.07 Å². The number of rotatable bonds is 10. The number of likely N-dealkylation sites (N-methyl/N-ethyl adjacent to an activating group) is 1. The molecule has 35 heavy (non-hydrogen) atoms. The van der Waals surface area contributed by atoms with Crippen molar-refractivity contribution < 1.29 is 4.39 Å². The molecule has 4 aromatic rings. The minimum absolute atomic E-state index is 0.233. The third-order valence-electron chi connectivity index (χ3n) is 6.10. The molecule has 0 fully saturated rings. The minimum Gasteiger partial charge on any atom is -0.374 e. The average molecular weight is 491 g/mol. The first-order valence-electron chi connectivity index (χ1n) is 11.8. The Morgan fingerprint density at radius 1 is 0.857 bits per heavy atom. The van der Waals surface area contributed by atoms with Crippen LogP contribution in [-0.4, -0.2) is 46.5 Å². The fraction of sp³-hybridized carbons (Fsp3) is 0.296. The van der Waals surface area contributed by atoms with Crippen LogP contribution in [0.25, 0.3) is 5.69 Å². The molecule has 0 unspecified atom stereocenters. The maximum absolute atomic E-state index is 13.3. The molecule has 6 nitrogen and oxygen atoms in total. The number of benzene rings is 2. The molecule has 182 valence electrons. The number of hydrogen-bond donors (Lipinski definition) is 0. The monoisotopic (exact) mass is 490 g/mol. The summed E-state index contributed by atoms with van der Waals surface area (Å²) in [7, 11) is 4.08. The molecular formula is C27H31FN6S. The third kappa shape index (κ3) is 6.14. The van der Waals surface area contributed by atoms with E-state index in [1.165, 1.54) is 17.7 Å². The normalized spacial score (nSPS) is 11.0. The molecule has 0 amide bonds. The quantitative estimate of drug-likeness (QED) is 0.277. The Morgan fingerprint density at radius 3 is 2.17 bits per heavy atom. The number of pyridine rings is 1. The van der Waals surface area contributed by atoms with Crippen LogP contribution in [0.5, 0.6) is 0 Å². The number of aromatic nitrogens is 4. The van der Waals surface area contributed by atoms with E-state index in [0.717, 1.165) is 48.9 Å². The van der Waals surface area contributed by atoms with Crippen molar-refractivity contribution in [1.29, 1.82) is 0 Å². The van der Waals surface area contributed by atoms with Gasteiger partial charge in [-0.2, -0.15) is 5.10 Å². The van der Waals surface area contributed by atoms with Crippen LogP contribution in [-0.2, 0) is 13.0 Å². The van der Waals surface area contributed by atoms with Crippen LogP contribution in [0.3, 0.4) is 0 Å². The molecule has 2 aromatic heterocycles. The molecule has 0 saturated heterocycles. The molecule has 0 saturated carbocycles. The third-order valence-corrected chi connectivity index (χ3v) is 6.50. The summed E-state index contributed by atoms with van der Waals surface area (Å²) in [5.41, 5.74) is 4.31. The summed E-state index contributed by atoms with van der Waals surface area (Å²) in [5, 5.41) is 4.92. The zero-order chi connectivity index (χ0) is 24.8. The standard InChI is InChI=1S/C27H31FN6S/c1-21-5-9-25(10-6-21)34-26(15-20-32(3)23-11-7-22(28)8-12-23)30-33(27(34)35)19-4-18-31(2)24-13-16-29-17-14-24/h5-14,16-17H,4,15,18-20H2,1-3H3. The molecule has 4 rings (SSSR count). The van der Waals surface area contributed by atoms with Crippen molar-refractivity contribution in [1.82, 2.24) is 19.3 Å². The molecule has 0 aliphatic heterocycles. The van der Waals surface area contributed by atoms with Crippen molar-refractivity contribution in [2.45, 2.75) is 26.3 Å². The van der Waals surface area contributed by atoms with Crippen LogP contribution in [0.2, 0.25) is 0 Å². The highest BCUT2D eigenvalue weighted by Gasteiger charge is 2.14. The lowest BCUT2D eigenvalue weighted by Crippen LogP contribution is -2.21. The molecule has 8 heteroatoms. The first-order chi connectivity index (χ1) is 16.9. The molecular weight excluding hydrogens is 459 g/mol. The van der Waals surface area contributed by atoms with Crippen LogP contribution in [0.4, 0.5) is 15.8 Å². The van der Waals surface area contributed by atoms with Gasteiger partial charge < -0.3 is 9.80 Å². The van der Waals surface area contributed by atoms with Gasteiger partial charge in [0, 0.05) is 69.6 Å². The lowest BCUT2D eigenvalue weighted by atomic mass is 10.2. The van der Waals surface area contributed by atoms with Gasteiger partial charge in [0.2, 0.25) is 4.77 Å². The second-order valence-corrected chi connectivity index (χ2v) is 9.09. The lowest BCUT2D eigenvalue weighted by Gasteiger charge is -2.19. The van der Waals surface area contributed by atoms with E-state index in [1.54, 1.807) is 24.5 Å². The summed E-state index contributed by atoms with van der Waals surface area (Å²) in [6.45, 7) is 4.41. The van der Waals surface area contributed by atoms with Gasteiger partial charge in [0.1, 0.15) is 11.6 Å². The summed E-state index contributed by atoms with van der Waals surface area (Å²) in [4.78, 5) is 8.40. The van der Waals surface area contributed by atoms with E-state index in [1.807, 2.05) is 23.9 Å². The van der Waals surface area contributed by atoms with E-state index >= 15 is 0 Å². The predicted octanol–water partition coefficient (Wildman–Crippen LogP) is 5.45. The van der Waals surface area contributed by atoms with Crippen LogP contribution < -0.4 is 9.80 Å². The Bertz CT molecular complexity index is 1280. The minimum atomic E-state index is -0.233. The summed E-state index contributed by atoms with van der Waals surface area (Å²) in [5.74, 6) is 0.679. The Labute approximate surface area is 211 Å². The van der Waals surface area contributed by atoms with Crippen molar-refractivity contribution in [2.75, 3.05) is 37.0 Å². The van der Waals surface area contributed by atoms with Crippen molar-refractivity contribution in [3.8, 4) is 5.69 Å². The Balaban J connectivity index is 1.51. The fourth-order valence-electron chi connectivity index (χ4n) is 3.99. The molecule has 0 aliphatic carbocycles. The van der Waals surface area contributed by atoms with E-state index in [-0.39, 0.29) is 5.82 Å². The van der Waals surface area contributed by atoms with Crippen molar-refractivity contribution in [2.24, 2.45) is 0 Å². The van der Waals surface area contributed by atoms with Gasteiger partial charge in [0.25, 0.3) is 0 Å². The number of hydrogen-bond acceptors (Lipinski definition) is 5. The first kappa shape index (κ1) is 24.6. The van der Waals surface area contributed by atoms with Crippen LogP contribution in [0, 0.1) is 17.5 Å². The molecule has 0 aliphatic rings. The highest BCUT2D eigenvalue weighted by atomic mass is 32.1. The highest BCUT2D eigenvalue weighted by Crippen LogP contribution is 2.18. The van der Waals surface area contributed by atoms with Crippen LogP contribution >= 0.6 is 12.2 Å². The number of aryl methyl sites for hydroxylation is 2. The van der Waals surface area contributed by atoms with Gasteiger partial charge in [-0.3, -0.25) is 9.55 Å². The predicted molar refractivity (Wildman–Crippen MR) is 143 cm³/mol. The van der Waals surface area contributed by atoms with Gasteiger partial charge in [-0.15, -0.1) is 0 Å².